The Morgan fingerprint density at radius 1 is 1.25 bits per heavy atom. The maximum absolute atomic E-state index is 5.26. The van der Waals surface area contributed by atoms with E-state index in [1.807, 2.05) is 6.92 Å². The molecule has 1 aromatic rings. The summed E-state index contributed by atoms with van der Waals surface area (Å²) in [5.74, 6) is 0.0990. The van der Waals surface area contributed by atoms with Crippen LogP contribution in [0.5, 0.6) is 0 Å². The molecule has 0 aliphatic carbocycles. The lowest BCUT2D eigenvalue weighted by molar-refractivity contribution is -0.464. The summed E-state index contributed by atoms with van der Waals surface area (Å²) < 4.78 is 0. The van der Waals surface area contributed by atoms with Gasteiger partial charge >= 0.3 is 5.96 Å². The fraction of sp³-hybridized carbons (Fsp3) is 0.333. The van der Waals surface area contributed by atoms with Crippen molar-refractivity contribution in [1.29, 1.82) is 0 Å². The van der Waals surface area contributed by atoms with Gasteiger partial charge in [0.2, 0.25) is 0 Å². The van der Waals surface area contributed by atoms with Crippen LogP contribution >= 0.6 is 0 Å². The second kappa shape index (κ2) is 5.90. The predicted molar refractivity (Wildman–Crippen MR) is 67.0 cm³/mol. The van der Waals surface area contributed by atoms with Gasteiger partial charge in [0.15, 0.2) is 0 Å². The molecule has 4 nitrogen and oxygen atoms in total. The average molecular weight is 219 g/mol. The number of hydrazone groups is 1. The van der Waals surface area contributed by atoms with Gasteiger partial charge in [-0.2, -0.15) is 5.10 Å². The number of nitrogens with one attached hydrogen (secondary N) is 1. The molecule has 0 amide bonds. The van der Waals surface area contributed by atoms with Crippen molar-refractivity contribution < 1.29 is 5.10 Å². The first-order valence-electron chi connectivity index (χ1n) is 5.41. The summed E-state index contributed by atoms with van der Waals surface area (Å²) in [6, 6.07) is 8.34. The Bertz CT molecular complexity index is 386. The van der Waals surface area contributed by atoms with Crippen molar-refractivity contribution in [2.24, 2.45) is 16.6 Å². The Hall–Kier alpha value is -1.84. The molecule has 0 aliphatic rings. The molecule has 16 heavy (non-hydrogen) atoms. The molecule has 0 spiro atoms. The number of aryl methyl sites for hydroxylation is 1. The number of hydrogen-bond donors (Lipinski definition) is 3. The largest absolute Gasteiger partial charge is 0.362 e. The topological polar surface area (TPSA) is 78.4 Å². The molecule has 5 N–H and O–H groups in total. The molecule has 0 atom stereocenters. The van der Waals surface area contributed by atoms with Gasteiger partial charge in [-0.25, -0.2) is 0 Å². The second-order valence-corrected chi connectivity index (χ2v) is 3.71. The molecule has 0 aromatic heterocycles. The molecular weight excluding hydrogens is 200 g/mol. The van der Waals surface area contributed by atoms with E-state index in [0.29, 0.717) is 0 Å². The molecular formula is C12H19N4+. The van der Waals surface area contributed by atoms with Crippen molar-refractivity contribution in [3.63, 3.8) is 0 Å². The normalized spacial score (nSPS) is 11.2. The summed E-state index contributed by atoms with van der Waals surface area (Å²) >= 11 is 0. The summed E-state index contributed by atoms with van der Waals surface area (Å²) in [5, 5.41) is 6.59. The molecule has 0 radical (unpaired) electrons. The van der Waals surface area contributed by atoms with Crippen LogP contribution in [0.15, 0.2) is 29.4 Å². The van der Waals surface area contributed by atoms with Gasteiger partial charge in [-0.1, -0.05) is 37.6 Å². The molecule has 0 saturated heterocycles. The molecule has 86 valence electrons. The number of benzene rings is 1. The SMILES string of the molecule is CCCc1ccc(/C(C)=N\[NH+]=C(N)N)cc1. The van der Waals surface area contributed by atoms with Gasteiger partial charge in [0.25, 0.3) is 0 Å². The molecule has 0 fully saturated rings. The van der Waals surface area contributed by atoms with Gasteiger partial charge in [-0.15, -0.1) is 5.10 Å². The Morgan fingerprint density at radius 3 is 2.38 bits per heavy atom. The van der Waals surface area contributed by atoms with Crippen LogP contribution in [0.1, 0.15) is 31.4 Å². The zero-order valence-electron chi connectivity index (χ0n) is 9.83. The average Bonchev–Trinajstić information content (AvgIpc) is 2.27. The molecule has 1 aromatic carbocycles. The van der Waals surface area contributed by atoms with Crippen molar-refractivity contribution in [3.05, 3.63) is 35.4 Å². The Kier molecular flexibility index (Phi) is 4.51. The highest BCUT2D eigenvalue weighted by molar-refractivity contribution is 5.98. The first kappa shape index (κ1) is 12.2. The number of rotatable bonds is 4. The molecule has 0 unspecified atom stereocenters. The first-order chi connectivity index (χ1) is 7.63. The van der Waals surface area contributed by atoms with Gasteiger partial charge < -0.3 is 0 Å². The lowest BCUT2D eigenvalue weighted by atomic mass is 10.1. The first-order valence-corrected chi connectivity index (χ1v) is 5.41. The zero-order valence-corrected chi connectivity index (χ0v) is 9.83. The molecule has 0 bridgehead atoms. The molecule has 0 heterocycles. The van der Waals surface area contributed by atoms with Gasteiger partial charge in [-0.05, 0) is 24.5 Å². The van der Waals surface area contributed by atoms with Gasteiger partial charge in [-0.3, -0.25) is 11.5 Å². The quantitative estimate of drug-likeness (QED) is 0.370. The fourth-order valence-electron chi connectivity index (χ4n) is 1.41. The van der Waals surface area contributed by atoms with Crippen LogP contribution in [0, 0.1) is 0 Å². The highest BCUT2D eigenvalue weighted by Crippen LogP contribution is 2.07. The number of nitrogens with two attached hydrogens (primary N) is 2. The van der Waals surface area contributed by atoms with Crippen LogP contribution < -0.4 is 16.6 Å². The molecule has 1 rings (SSSR count). The van der Waals surface area contributed by atoms with E-state index >= 15 is 0 Å². The zero-order chi connectivity index (χ0) is 12.0. The van der Waals surface area contributed by atoms with E-state index in [9.17, 15) is 0 Å². The van der Waals surface area contributed by atoms with Crippen LogP contribution in [0.2, 0.25) is 0 Å². The second-order valence-electron chi connectivity index (χ2n) is 3.71. The number of hydrogen-bond acceptors (Lipinski definition) is 1. The van der Waals surface area contributed by atoms with Crippen LogP contribution in [0.3, 0.4) is 0 Å². The van der Waals surface area contributed by atoms with Crippen molar-refractivity contribution in [2.45, 2.75) is 26.7 Å². The Labute approximate surface area is 96.1 Å². The maximum atomic E-state index is 5.26. The van der Waals surface area contributed by atoms with Crippen LogP contribution in [0.25, 0.3) is 0 Å². The lowest BCUT2D eigenvalue weighted by Gasteiger charge is -2.01. The third kappa shape index (κ3) is 3.73. The standard InChI is InChI=1S/C12H18N4/c1-3-4-10-5-7-11(8-6-10)9(2)15-16-12(13)14/h5-8H,3-4H2,1-2H3,(H4,13,14,16)/p+1/b15-9-. The van der Waals surface area contributed by atoms with Crippen molar-refractivity contribution >= 4 is 11.7 Å². The van der Waals surface area contributed by atoms with E-state index in [0.717, 1.165) is 24.1 Å². The van der Waals surface area contributed by atoms with E-state index < -0.39 is 0 Å². The Morgan fingerprint density at radius 2 is 1.88 bits per heavy atom. The summed E-state index contributed by atoms with van der Waals surface area (Å²) in [4.78, 5) is 0. The number of guanidine groups is 1. The summed E-state index contributed by atoms with van der Waals surface area (Å²) in [6.07, 6.45) is 2.27. The summed E-state index contributed by atoms with van der Waals surface area (Å²) in [6.45, 7) is 4.08. The highest BCUT2D eigenvalue weighted by Gasteiger charge is 1.98. The van der Waals surface area contributed by atoms with E-state index in [2.05, 4.69) is 41.4 Å². The van der Waals surface area contributed by atoms with Crippen molar-refractivity contribution in [1.82, 2.24) is 0 Å². The predicted octanol–water partition coefficient (Wildman–Crippen LogP) is -0.283. The minimum atomic E-state index is 0.0990. The van der Waals surface area contributed by atoms with Crippen molar-refractivity contribution in [3.8, 4) is 0 Å². The maximum Gasteiger partial charge on any atom is 0.362 e. The lowest BCUT2D eigenvalue weighted by Crippen LogP contribution is -2.72. The highest BCUT2D eigenvalue weighted by atomic mass is 15.3. The number of nitrogens with zero attached hydrogens (tertiary/aromatic N) is 1. The minimum absolute atomic E-state index is 0.0990. The van der Waals surface area contributed by atoms with Gasteiger partial charge in [0, 0.05) is 0 Å². The summed E-state index contributed by atoms with van der Waals surface area (Å²) in [7, 11) is 0. The molecule has 0 aliphatic heterocycles. The van der Waals surface area contributed by atoms with Crippen LogP contribution in [0.4, 0.5) is 0 Å². The van der Waals surface area contributed by atoms with Gasteiger partial charge in [0.05, 0.1) is 5.71 Å². The van der Waals surface area contributed by atoms with Gasteiger partial charge in [0.1, 0.15) is 0 Å². The monoisotopic (exact) mass is 219 g/mol. The smallest absolute Gasteiger partial charge is 0.289 e. The van der Waals surface area contributed by atoms with Crippen molar-refractivity contribution in [2.75, 3.05) is 0 Å². The third-order valence-corrected chi connectivity index (χ3v) is 2.26. The van der Waals surface area contributed by atoms with E-state index in [4.69, 9.17) is 11.5 Å². The minimum Gasteiger partial charge on any atom is -0.289 e. The third-order valence-electron chi connectivity index (χ3n) is 2.26. The van der Waals surface area contributed by atoms with E-state index in [-0.39, 0.29) is 5.96 Å². The van der Waals surface area contributed by atoms with E-state index in [1.54, 1.807) is 0 Å². The summed E-state index contributed by atoms with van der Waals surface area (Å²) in [5.41, 5.74) is 13.8. The molecule has 4 heteroatoms. The molecule has 0 saturated carbocycles. The van der Waals surface area contributed by atoms with Crippen LogP contribution in [-0.4, -0.2) is 11.7 Å². The Balaban J connectivity index is 2.81. The van der Waals surface area contributed by atoms with E-state index in [1.165, 1.54) is 5.56 Å². The van der Waals surface area contributed by atoms with Crippen LogP contribution in [-0.2, 0) is 6.42 Å². The fourth-order valence-corrected chi connectivity index (χ4v) is 1.41.